The molecule has 2 aromatic rings. The smallest absolute Gasteiger partial charge is 0.176 e. The second-order valence-electron chi connectivity index (χ2n) is 3.25. The maximum atomic E-state index is 12.7. The number of aromatic nitrogens is 2. The number of thiophene rings is 1. The minimum absolute atomic E-state index is 0.0667. The highest BCUT2D eigenvalue weighted by molar-refractivity contribution is 7.10. The summed E-state index contributed by atoms with van der Waals surface area (Å²) in [6.45, 7) is 1.11. The number of aliphatic hydroxyl groups is 1. The van der Waals surface area contributed by atoms with Crippen LogP contribution in [0, 0.1) is 5.13 Å². The Kier molecular flexibility index (Phi) is 3.53. The van der Waals surface area contributed by atoms with Crippen LogP contribution in [0.4, 0.5) is 10.2 Å². The Morgan fingerprint density at radius 1 is 1.44 bits per heavy atom. The van der Waals surface area contributed by atoms with Crippen molar-refractivity contribution in [1.82, 2.24) is 9.78 Å². The summed E-state index contributed by atoms with van der Waals surface area (Å²) >= 11 is 1.12. The molecule has 0 aromatic carbocycles. The molecule has 0 saturated carbocycles. The van der Waals surface area contributed by atoms with Gasteiger partial charge in [-0.05, 0) is 12.1 Å². The number of nitrogens with zero attached hydrogens (tertiary/aromatic N) is 2. The minimum atomic E-state index is -0.178. The Balaban J connectivity index is 1.89. The van der Waals surface area contributed by atoms with Gasteiger partial charge in [-0.15, -0.1) is 11.3 Å². The fourth-order valence-electron chi connectivity index (χ4n) is 1.31. The standard InChI is InChI=1S/C10H12FN3OS/c11-9-2-1-8(16-9)7-12-10-3-4-14(13-10)5-6-15/h1-4,15H,5-7H2,(H,12,13). The largest absolute Gasteiger partial charge is 0.394 e. The van der Waals surface area contributed by atoms with E-state index < -0.39 is 0 Å². The van der Waals surface area contributed by atoms with Crippen LogP contribution in [0.2, 0.25) is 0 Å². The SMILES string of the molecule is OCCn1ccc(NCc2ccc(F)s2)n1. The summed E-state index contributed by atoms with van der Waals surface area (Å²) in [5.74, 6) is 0.724. The van der Waals surface area contributed by atoms with Crippen molar-refractivity contribution in [3.63, 3.8) is 0 Å². The number of halogens is 1. The van der Waals surface area contributed by atoms with Crippen LogP contribution in [0.1, 0.15) is 4.88 Å². The molecule has 2 heterocycles. The van der Waals surface area contributed by atoms with Crippen LogP contribution >= 0.6 is 11.3 Å². The molecule has 0 aliphatic carbocycles. The number of nitrogens with one attached hydrogen (secondary N) is 1. The summed E-state index contributed by atoms with van der Waals surface area (Å²) in [7, 11) is 0. The molecule has 0 aliphatic rings. The van der Waals surface area contributed by atoms with Crippen LogP contribution in [0.3, 0.4) is 0 Å². The molecule has 0 radical (unpaired) electrons. The van der Waals surface area contributed by atoms with E-state index in [2.05, 4.69) is 10.4 Å². The zero-order valence-electron chi connectivity index (χ0n) is 8.56. The number of anilines is 1. The molecule has 4 nitrogen and oxygen atoms in total. The lowest BCUT2D eigenvalue weighted by Crippen LogP contribution is -2.04. The third kappa shape index (κ3) is 2.80. The average Bonchev–Trinajstić information content (AvgIpc) is 2.85. The summed E-state index contributed by atoms with van der Waals surface area (Å²) in [5.41, 5.74) is 0. The van der Waals surface area contributed by atoms with E-state index in [4.69, 9.17) is 5.11 Å². The van der Waals surface area contributed by atoms with E-state index >= 15 is 0 Å². The molecule has 86 valence electrons. The molecular formula is C10H12FN3OS. The van der Waals surface area contributed by atoms with Crippen molar-refractivity contribution < 1.29 is 9.50 Å². The normalized spacial score (nSPS) is 10.6. The predicted molar refractivity (Wildman–Crippen MR) is 60.9 cm³/mol. The van der Waals surface area contributed by atoms with Gasteiger partial charge in [-0.3, -0.25) is 4.68 Å². The van der Waals surface area contributed by atoms with Crippen molar-refractivity contribution >= 4 is 17.2 Å². The van der Waals surface area contributed by atoms with Gasteiger partial charge in [0.2, 0.25) is 0 Å². The fourth-order valence-corrected chi connectivity index (χ4v) is 1.97. The molecule has 0 amide bonds. The lowest BCUT2D eigenvalue weighted by molar-refractivity contribution is 0.269. The Morgan fingerprint density at radius 3 is 3.00 bits per heavy atom. The zero-order chi connectivity index (χ0) is 11.4. The van der Waals surface area contributed by atoms with E-state index in [1.165, 1.54) is 6.07 Å². The molecule has 0 spiro atoms. The van der Waals surface area contributed by atoms with E-state index in [1.807, 2.05) is 6.07 Å². The fraction of sp³-hybridized carbons (Fsp3) is 0.300. The molecule has 0 aliphatic heterocycles. The van der Waals surface area contributed by atoms with E-state index in [0.29, 0.717) is 13.1 Å². The van der Waals surface area contributed by atoms with E-state index in [-0.39, 0.29) is 11.7 Å². The molecule has 2 N–H and O–H groups in total. The van der Waals surface area contributed by atoms with Crippen LogP contribution in [-0.4, -0.2) is 21.5 Å². The van der Waals surface area contributed by atoms with Crippen molar-refractivity contribution in [2.75, 3.05) is 11.9 Å². The van der Waals surface area contributed by atoms with E-state index in [9.17, 15) is 4.39 Å². The first kappa shape index (κ1) is 11.1. The zero-order valence-corrected chi connectivity index (χ0v) is 9.38. The van der Waals surface area contributed by atoms with Gasteiger partial charge in [-0.25, -0.2) is 0 Å². The third-order valence-corrected chi connectivity index (χ3v) is 2.92. The topological polar surface area (TPSA) is 50.1 Å². The van der Waals surface area contributed by atoms with E-state index in [0.717, 1.165) is 22.0 Å². The van der Waals surface area contributed by atoms with Gasteiger partial charge in [0.1, 0.15) is 5.82 Å². The Hall–Kier alpha value is -1.40. The quantitative estimate of drug-likeness (QED) is 0.837. The van der Waals surface area contributed by atoms with Gasteiger partial charge in [0.05, 0.1) is 19.7 Å². The Morgan fingerprint density at radius 2 is 2.31 bits per heavy atom. The van der Waals surface area contributed by atoms with Crippen molar-refractivity contribution in [3.8, 4) is 0 Å². The third-order valence-electron chi connectivity index (χ3n) is 2.04. The summed E-state index contributed by atoms with van der Waals surface area (Å²) in [5, 5.41) is 15.8. The maximum Gasteiger partial charge on any atom is 0.176 e. The van der Waals surface area contributed by atoms with Crippen molar-refractivity contribution in [2.24, 2.45) is 0 Å². The second kappa shape index (κ2) is 5.09. The van der Waals surface area contributed by atoms with Crippen LogP contribution in [0.15, 0.2) is 24.4 Å². The minimum Gasteiger partial charge on any atom is -0.394 e. The van der Waals surface area contributed by atoms with Gasteiger partial charge >= 0.3 is 0 Å². The molecule has 0 atom stereocenters. The summed E-state index contributed by atoms with van der Waals surface area (Å²) in [6.07, 6.45) is 1.79. The molecule has 0 saturated heterocycles. The van der Waals surface area contributed by atoms with Gasteiger partial charge in [0, 0.05) is 17.1 Å². The first-order valence-corrected chi connectivity index (χ1v) is 5.72. The molecule has 2 rings (SSSR count). The summed E-state index contributed by atoms with van der Waals surface area (Å²) in [6, 6.07) is 5.02. The van der Waals surface area contributed by atoms with Gasteiger partial charge in [-0.2, -0.15) is 9.49 Å². The number of rotatable bonds is 5. The van der Waals surface area contributed by atoms with Gasteiger partial charge in [0.15, 0.2) is 5.13 Å². The van der Waals surface area contributed by atoms with Gasteiger partial charge < -0.3 is 10.4 Å². The average molecular weight is 241 g/mol. The molecule has 2 aromatic heterocycles. The number of hydrogen-bond acceptors (Lipinski definition) is 4. The van der Waals surface area contributed by atoms with Crippen molar-refractivity contribution in [2.45, 2.75) is 13.1 Å². The summed E-state index contributed by atoms with van der Waals surface area (Å²) < 4.78 is 14.4. The predicted octanol–water partition coefficient (Wildman–Crippen LogP) is 1.69. The lowest BCUT2D eigenvalue weighted by atomic mass is 10.4. The summed E-state index contributed by atoms with van der Waals surface area (Å²) in [4.78, 5) is 0.925. The molecule has 0 fully saturated rings. The molecule has 16 heavy (non-hydrogen) atoms. The number of hydrogen-bond donors (Lipinski definition) is 2. The van der Waals surface area contributed by atoms with Crippen LogP contribution < -0.4 is 5.32 Å². The van der Waals surface area contributed by atoms with Crippen LogP contribution in [0.5, 0.6) is 0 Å². The van der Waals surface area contributed by atoms with Crippen LogP contribution in [0.25, 0.3) is 0 Å². The lowest BCUT2D eigenvalue weighted by Gasteiger charge is -2.00. The van der Waals surface area contributed by atoms with Crippen LogP contribution in [-0.2, 0) is 13.1 Å². The highest BCUT2D eigenvalue weighted by atomic mass is 32.1. The maximum absolute atomic E-state index is 12.7. The van der Waals surface area contributed by atoms with Crippen molar-refractivity contribution in [1.29, 1.82) is 0 Å². The highest BCUT2D eigenvalue weighted by Crippen LogP contribution is 2.15. The van der Waals surface area contributed by atoms with E-state index in [1.54, 1.807) is 16.9 Å². The Bertz CT molecular complexity index is 454. The number of aliphatic hydroxyl groups excluding tert-OH is 1. The molecule has 0 bridgehead atoms. The van der Waals surface area contributed by atoms with Crippen molar-refractivity contribution in [3.05, 3.63) is 34.4 Å². The molecule has 6 heteroatoms. The van der Waals surface area contributed by atoms with Gasteiger partial charge in [0.25, 0.3) is 0 Å². The second-order valence-corrected chi connectivity index (χ2v) is 4.37. The molecule has 0 unspecified atom stereocenters. The Labute approximate surface area is 96.3 Å². The highest BCUT2D eigenvalue weighted by Gasteiger charge is 2.01. The monoisotopic (exact) mass is 241 g/mol. The first-order chi connectivity index (χ1) is 7.78. The van der Waals surface area contributed by atoms with Gasteiger partial charge in [-0.1, -0.05) is 0 Å². The molecular weight excluding hydrogens is 229 g/mol. The first-order valence-electron chi connectivity index (χ1n) is 4.90.